The van der Waals surface area contributed by atoms with Gasteiger partial charge in [-0.3, -0.25) is 19.2 Å². The Balaban J connectivity index is 1.37. The van der Waals surface area contributed by atoms with E-state index in [0.717, 1.165) is 31.5 Å². The Kier molecular flexibility index (Phi) is 5.06. The fraction of sp³-hybridized carbons (Fsp3) is 0.421. The number of nitrogens with zero attached hydrogens (tertiary/aromatic N) is 6. The minimum Gasteiger partial charge on any atom is -0.338 e. The number of pyridine rings is 1. The number of aromatic nitrogens is 5. The van der Waals surface area contributed by atoms with Crippen molar-refractivity contribution in [1.82, 2.24) is 29.6 Å². The van der Waals surface area contributed by atoms with Crippen molar-refractivity contribution in [2.75, 3.05) is 13.1 Å². The van der Waals surface area contributed by atoms with Gasteiger partial charge in [-0.05, 0) is 50.9 Å². The quantitative estimate of drug-likeness (QED) is 0.683. The molecular formula is C19H22N6O2. The van der Waals surface area contributed by atoms with Crippen molar-refractivity contribution in [2.24, 2.45) is 5.92 Å². The lowest BCUT2D eigenvalue weighted by Crippen LogP contribution is -2.37. The van der Waals surface area contributed by atoms with Crippen LogP contribution in [0.3, 0.4) is 0 Å². The van der Waals surface area contributed by atoms with Crippen molar-refractivity contribution in [1.29, 1.82) is 0 Å². The van der Waals surface area contributed by atoms with Crippen molar-refractivity contribution in [3.63, 3.8) is 0 Å². The summed E-state index contributed by atoms with van der Waals surface area (Å²) >= 11 is 0. The number of piperidine rings is 1. The molecule has 0 saturated carbocycles. The summed E-state index contributed by atoms with van der Waals surface area (Å²) in [6, 6.07) is 5.45. The van der Waals surface area contributed by atoms with Crippen LogP contribution in [-0.4, -0.2) is 42.7 Å². The maximum absolute atomic E-state index is 12.5. The third kappa shape index (κ3) is 3.95. The number of likely N-dealkylation sites (tertiary alicyclic amines) is 1. The monoisotopic (exact) mass is 366 g/mol. The van der Waals surface area contributed by atoms with E-state index in [4.69, 9.17) is 4.52 Å². The largest absolute Gasteiger partial charge is 0.338 e. The molecule has 8 heteroatoms. The standard InChI is InChI=1S/C19H22N6O2/c1-14(19-21-12-23-27-19)24-7-4-15(5-8-24)11-25-13-22-17(9-18(25)26)16-3-2-6-20-10-16/h2-3,6,9-10,12-15H,4-5,7-8,11H2,1H3. The Morgan fingerprint density at radius 2 is 2.15 bits per heavy atom. The highest BCUT2D eigenvalue weighted by Crippen LogP contribution is 2.26. The molecule has 3 aromatic rings. The molecule has 0 spiro atoms. The van der Waals surface area contributed by atoms with Gasteiger partial charge in [-0.1, -0.05) is 5.16 Å². The molecular weight excluding hydrogens is 344 g/mol. The van der Waals surface area contributed by atoms with Gasteiger partial charge >= 0.3 is 0 Å². The lowest BCUT2D eigenvalue weighted by molar-refractivity contribution is 0.113. The summed E-state index contributed by atoms with van der Waals surface area (Å²) in [5, 5.41) is 3.69. The molecule has 8 nitrogen and oxygen atoms in total. The first-order valence-electron chi connectivity index (χ1n) is 9.18. The molecule has 0 aromatic carbocycles. The SMILES string of the molecule is CC(c1ncno1)N1CCC(Cn2cnc(-c3cccnc3)cc2=O)CC1. The molecule has 0 bridgehead atoms. The fourth-order valence-electron chi connectivity index (χ4n) is 3.56. The highest BCUT2D eigenvalue weighted by atomic mass is 16.5. The molecule has 1 aliphatic rings. The highest BCUT2D eigenvalue weighted by Gasteiger charge is 2.26. The first-order valence-corrected chi connectivity index (χ1v) is 9.18. The van der Waals surface area contributed by atoms with Gasteiger partial charge in [0.1, 0.15) is 0 Å². The van der Waals surface area contributed by atoms with Crippen LogP contribution in [0.2, 0.25) is 0 Å². The second kappa shape index (κ2) is 7.79. The maximum atomic E-state index is 12.5. The third-order valence-corrected chi connectivity index (χ3v) is 5.22. The molecule has 0 radical (unpaired) electrons. The van der Waals surface area contributed by atoms with Crippen molar-refractivity contribution in [3.8, 4) is 11.3 Å². The Morgan fingerprint density at radius 3 is 2.81 bits per heavy atom. The van der Waals surface area contributed by atoms with Crippen LogP contribution >= 0.6 is 0 Å². The average Bonchev–Trinajstić information content (AvgIpc) is 3.25. The predicted molar refractivity (Wildman–Crippen MR) is 98.7 cm³/mol. The lowest BCUT2D eigenvalue weighted by atomic mass is 9.95. The molecule has 1 unspecified atom stereocenters. The Hall–Kier alpha value is -2.87. The van der Waals surface area contributed by atoms with E-state index in [1.54, 1.807) is 29.4 Å². The predicted octanol–water partition coefficient (Wildman–Crippen LogP) is 2.16. The summed E-state index contributed by atoms with van der Waals surface area (Å²) in [7, 11) is 0. The summed E-state index contributed by atoms with van der Waals surface area (Å²) in [5.41, 5.74) is 1.49. The van der Waals surface area contributed by atoms with Crippen LogP contribution in [0.5, 0.6) is 0 Å². The van der Waals surface area contributed by atoms with Crippen LogP contribution < -0.4 is 5.56 Å². The van der Waals surface area contributed by atoms with Gasteiger partial charge in [0.2, 0.25) is 5.89 Å². The molecule has 4 rings (SSSR count). The zero-order valence-corrected chi connectivity index (χ0v) is 15.2. The summed E-state index contributed by atoms with van der Waals surface area (Å²) < 4.78 is 6.88. The van der Waals surface area contributed by atoms with Crippen molar-refractivity contribution in [3.05, 3.63) is 59.5 Å². The number of hydrogen-bond acceptors (Lipinski definition) is 7. The molecule has 1 aliphatic heterocycles. The molecule has 3 aromatic heterocycles. The van der Waals surface area contributed by atoms with Gasteiger partial charge in [0.05, 0.1) is 18.1 Å². The summed E-state index contributed by atoms with van der Waals surface area (Å²) in [5.74, 6) is 1.11. The van der Waals surface area contributed by atoms with Crippen molar-refractivity contribution < 1.29 is 4.52 Å². The normalized spacial score (nSPS) is 17.1. The van der Waals surface area contributed by atoms with E-state index in [-0.39, 0.29) is 11.6 Å². The van der Waals surface area contributed by atoms with E-state index in [0.29, 0.717) is 24.0 Å². The number of rotatable bonds is 5. The first-order chi connectivity index (χ1) is 13.2. The molecule has 4 heterocycles. The molecule has 1 atom stereocenters. The molecule has 0 amide bonds. The molecule has 1 saturated heterocycles. The second-order valence-electron chi connectivity index (χ2n) is 6.94. The summed E-state index contributed by atoms with van der Waals surface area (Å²) in [4.78, 5) is 27.5. The van der Waals surface area contributed by atoms with Gasteiger partial charge in [-0.2, -0.15) is 4.98 Å². The zero-order valence-electron chi connectivity index (χ0n) is 15.2. The molecule has 1 fully saturated rings. The Morgan fingerprint density at radius 1 is 1.30 bits per heavy atom. The summed E-state index contributed by atoms with van der Waals surface area (Å²) in [6.45, 7) is 4.68. The topological polar surface area (TPSA) is 89.9 Å². The molecule has 27 heavy (non-hydrogen) atoms. The zero-order chi connectivity index (χ0) is 18.6. The fourth-order valence-corrected chi connectivity index (χ4v) is 3.56. The van der Waals surface area contributed by atoms with Crippen LogP contribution in [0, 0.1) is 5.92 Å². The smallest absolute Gasteiger partial charge is 0.253 e. The van der Waals surface area contributed by atoms with Gasteiger partial charge < -0.3 is 4.52 Å². The van der Waals surface area contributed by atoms with Gasteiger partial charge in [-0.25, -0.2) is 4.98 Å². The van der Waals surface area contributed by atoms with E-state index in [9.17, 15) is 4.79 Å². The number of hydrogen-bond donors (Lipinski definition) is 0. The van der Waals surface area contributed by atoms with Gasteiger partial charge in [-0.15, -0.1) is 0 Å². The molecule has 0 aliphatic carbocycles. The molecule has 140 valence electrons. The molecule has 0 N–H and O–H groups in total. The van der Waals surface area contributed by atoms with Gasteiger partial charge in [0.25, 0.3) is 5.56 Å². The van der Waals surface area contributed by atoms with Crippen LogP contribution in [0.1, 0.15) is 31.7 Å². The Bertz CT molecular complexity index is 917. The highest BCUT2D eigenvalue weighted by molar-refractivity contribution is 5.56. The summed E-state index contributed by atoms with van der Waals surface area (Å²) in [6.07, 6.45) is 8.55. The van der Waals surface area contributed by atoms with Gasteiger partial charge in [0, 0.05) is 30.6 Å². The van der Waals surface area contributed by atoms with Crippen LogP contribution in [0.15, 0.2) is 52.6 Å². The average molecular weight is 366 g/mol. The van der Waals surface area contributed by atoms with Crippen LogP contribution in [0.25, 0.3) is 11.3 Å². The van der Waals surface area contributed by atoms with Crippen LogP contribution in [-0.2, 0) is 6.54 Å². The van der Waals surface area contributed by atoms with Crippen molar-refractivity contribution >= 4 is 0 Å². The lowest BCUT2D eigenvalue weighted by Gasteiger charge is -2.34. The van der Waals surface area contributed by atoms with E-state index in [2.05, 4.69) is 31.9 Å². The maximum Gasteiger partial charge on any atom is 0.253 e. The van der Waals surface area contributed by atoms with E-state index < -0.39 is 0 Å². The minimum absolute atomic E-state index is 0.0227. The third-order valence-electron chi connectivity index (χ3n) is 5.22. The Labute approximate surface area is 156 Å². The van der Waals surface area contributed by atoms with Crippen LogP contribution in [0.4, 0.5) is 0 Å². The van der Waals surface area contributed by atoms with Gasteiger partial charge in [0.15, 0.2) is 6.33 Å². The van der Waals surface area contributed by atoms with E-state index in [1.165, 1.54) is 6.33 Å². The van der Waals surface area contributed by atoms with Crippen molar-refractivity contribution in [2.45, 2.75) is 32.4 Å². The second-order valence-corrected chi connectivity index (χ2v) is 6.94. The minimum atomic E-state index is -0.0227. The first kappa shape index (κ1) is 17.5. The van der Waals surface area contributed by atoms with E-state index >= 15 is 0 Å². The van der Waals surface area contributed by atoms with E-state index in [1.807, 2.05) is 12.1 Å².